The number of aryl methyl sites for hydroxylation is 2. The van der Waals surface area contributed by atoms with Gasteiger partial charge < -0.3 is 11.1 Å². The summed E-state index contributed by atoms with van der Waals surface area (Å²) in [7, 11) is 0. The summed E-state index contributed by atoms with van der Waals surface area (Å²) >= 11 is 0. The van der Waals surface area contributed by atoms with Gasteiger partial charge in [-0.1, -0.05) is 17.7 Å². The summed E-state index contributed by atoms with van der Waals surface area (Å²) < 4.78 is 13.2. The fourth-order valence-electron chi connectivity index (χ4n) is 1.79. The number of rotatable bonds is 2. The molecule has 2 aromatic carbocycles. The molecule has 3 heteroatoms. The van der Waals surface area contributed by atoms with E-state index in [1.807, 2.05) is 26.0 Å². The number of nitrogen functional groups attached to an aromatic ring is 1. The van der Waals surface area contributed by atoms with Crippen LogP contribution < -0.4 is 11.1 Å². The van der Waals surface area contributed by atoms with Gasteiger partial charge in [0.15, 0.2) is 0 Å². The molecule has 0 unspecified atom stereocenters. The standard InChI is InChI=1S/C14H15FN2/c1-9-3-4-14(10(2)5-9)17-13-7-11(15)6-12(16)8-13/h3-8,17H,16H2,1-2H3. The molecule has 88 valence electrons. The first-order chi connectivity index (χ1) is 8.04. The third kappa shape index (κ3) is 2.75. The molecule has 0 aliphatic heterocycles. The molecule has 3 N–H and O–H groups in total. The van der Waals surface area contributed by atoms with Crippen LogP contribution in [-0.4, -0.2) is 0 Å². The number of hydrogen-bond donors (Lipinski definition) is 2. The maximum Gasteiger partial charge on any atom is 0.127 e. The third-order valence-corrected chi connectivity index (χ3v) is 2.58. The molecule has 0 spiro atoms. The summed E-state index contributed by atoms with van der Waals surface area (Å²) in [4.78, 5) is 0. The van der Waals surface area contributed by atoms with Gasteiger partial charge in [0.2, 0.25) is 0 Å². The first-order valence-corrected chi connectivity index (χ1v) is 5.45. The summed E-state index contributed by atoms with van der Waals surface area (Å²) in [6, 6.07) is 10.5. The Hall–Kier alpha value is -2.03. The zero-order chi connectivity index (χ0) is 12.4. The van der Waals surface area contributed by atoms with Crippen LogP contribution in [0.1, 0.15) is 11.1 Å². The maximum atomic E-state index is 13.2. The maximum absolute atomic E-state index is 13.2. The molecule has 0 saturated heterocycles. The zero-order valence-corrected chi connectivity index (χ0v) is 9.92. The molecule has 0 aliphatic rings. The highest BCUT2D eigenvalue weighted by Crippen LogP contribution is 2.23. The number of benzene rings is 2. The molecule has 2 aromatic rings. The lowest BCUT2D eigenvalue weighted by molar-refractivity contribution is 0.629. The van der Waals surface area contributed by atoms with Gasteiger partial charge in [-0.25, -0.2) is 4.39 Å². The van der Waals surface area contributed by atoms with Crippen molar-refractivity contribution in [3.63, 3.8) is 0 Å². The molecule has 2 nitrogen and oxygen atoms in total. The summed E-state index contributed by atoms with van der Waals surface area (Å²) in [5, 5.41) is 3.16. The number of anilines is 3. The van der Waals surface area contributed by atoms with Crippen molar-refractivity contribution in [3.8, 4) is 0 Å². The molecule has 0 amide bonds. The highest BCUT2D eigenvalue weighted by molar-refractivity contribution is 5.66. The van der Waals surface area contributed by atoms with Gasteiger partial charge in [0, 0.05) is 17.1 Å². The van der Waals surface area contributed by atoms with Crippen LogP contribution in [0.3, 0.4) is 0 Å². The lowest BCUT2D eigenvalue weighted by Crippen LogP contribution is -1.96. The van der Waals surface area contributed by atoms with E-state index in [-0.39, 0.29) is 5.82 Å². The van der Waals surface area contributed by atoms with Gasteiger partial charge in [-0.3, -0.25) is 0 Å². The molecule has 0 heterocycles. The number of nitrogens with one attached hydrogen (secondary N) is 1. The van der Waals surface area contributed by atoms with Crippen molar-refractivity contribution in [1.82, 2.24) is 0 Å². The van der Waals surface area contributed by atoms with Crippen LogP contribution in [0.4, 0.5) is 21.5 Å². The average Bonchev–Trinajstić information content (AvgIpc) is 2.21. The largest absolute Gasteiger partial charge is 0.399 e. The van der Waals surface area contributed by atoms with Gasteiger partial charge in [0.25, 0.3) is 0 Å². The third-order valence-electron chi connectivity index (χ3n) is 2.58. The van der Waals surface area contributed by atoms with E-state index in [1.165, 1.54) is 17.7 Å². The topological polar surface area (TPSA) is 38.0 Å². The number of hydrogen-bond acceptors (Lipinski definition) is 2. The number of nitrogens with two attached hydrogens (primary N) is 1. The van der Waals surface area contributed by atoms with Crippen LogP contribution in [0.2, 0.25) is 0 Å². The highest BCUT2D eigenvalue weighted by Gasteiger charge is 2.02. The van der Waals surface area contributed by atoms with Crippen molar-refractivity contribution in [2.75, 3.05) is 11.1 Å². The second-order valence-corrected chi connectivity index (χ2v) is 4.22. The van der Waals surface area contributed by atoms with Crippen LogP contribution >= 0.6 is 0 Å². The van der Waals surface area contributed by atoms with Gasteiger partial charge >= 0.3 is 0 Å². The molecule has 0 atom stereocenters. The van der Waals surface area contributed by atoms with Gasteiger partial charge in [0.1, 0.15) is 5.82 Å². The van der Waals surface area contributed by atoms with E-state index in [2.05, 4.69) is 11.4 Å². The molecule has 0 fully saturated rings. The Kier molecular flexibility index (Phi) is 3.00. The Morgan fingerprint density at radius 3 is 2.47 bits per heavy atom. The fourth-order valence-corrected chi connectivity index (χ4v) is 1.79. The van der Waals surface area contributed by atoms with E-state index in [9.17, 15) is 4.39 Å². The molecular weight excluding hydrogens is 215 g/mol. The first kappa shape index (κ1) is 11.5. The van der Waals surface area contributed by atoms with Crippen molar-refractivity contribution in [2.24, 2.45) is 0 Å². The van der Waals surface area contributed by atoms with E-state index in [0.29, 0.717) is 11.4 Å². The van der Waals surface area contributed by atoms with Crippen LogP contribution in [0.15, 0.2) is 36.4 Å². The van der Waals surface area contributed by atoms with Crippen molar-refractivity contribution in [2.45, 2.75) is 13.8 Å². The average molecular weight is 230 g/mol. The van der Waals surface area contributed by atoms with Gasteiger partial charge in [-0.05, 0) is 43.7 Å². The van der Waals surface area contributed by atoms with Crippen LogP contribution in [0.5, 0.6) is 0 Å². The molecular formula is C14H15FN2. The van der Waals surface area contributed by atoms with Crippen molar-refractivity contribution >= 4 is 17.1 Å². The van der Waals surface area contributed by atoms with E-state index in [4.69, 9.17) is 5.73 Å². The van der Waals surface area contributed by atoms with Crippen LogP contribution in [-0.2, 0) is 0 Å². The Balaban J connectivity index is 2.31. The Labute approximate surface area is 100 Å². The minimum Gasteiger partial charge on any atom is -0.399 e. The Morgan fingerprint density at radius 1 is 1.06 bits per heavy atom. The highest BCUT2D eigenvalue weighted by atomic mass is 19.1. The van der Waals surface area contributed by atoms with Crippen molar-refractivity contribution < 1.29 is 4.39 Å². The SMILES string of the molecule is Cc1ccc(Nc2cc(N)cc(F)c2)c(C)c1. The van der Waals surface area contributed by atoms with Gasteiger partial charge in [-0.2, -0.15) is 0 Å². The Bertz CT molecular complexity index is 530. The molecule has 0 radical (unpaired) electrons. The van der Waals surface area contributed by atoms with E-state index >= 15 is 0 Å². The smallest absolute Gasteiger partial charge is 0.127 e. The molecule has 0 bridgehead atoms. The first-order valence-electron chi connectivity index (χ1n) is 5.45. The van der Waals surface area contributed by atoms with Crippen LogP contribution in [0.25, 0.3) is 0 Å². The Morgan fingerprint density at radius 2 is 1.82 bits per heavy atom. The lowest BCUT2D eigenvalue weighted by Gasteiger charge is -2.11. The zero-order valence-electron chi connectivity index (χ0n) is 9.92. The molecule has 2 rings (SSSR count). The molecule has 0 aromatic heterocycles. The van der Waals surface area contributed by atoms with Gasteiger partial charge in [0.05, 0.1) is 0 Å². The minimum atomic E-state index is -0.336. The molecule has 0 aliphatic carbocycles. The second-order valence-electron chi connectivity index (χ2n) is 4.22. The van der Waals surface area contributed by atoms with Gasteiger partial charge in [-0.15, -0.1) is 0 Å². The summed E-state index contributed by atoms with van der Waals surface area (Å²) in [6.45, 7) is 4.05. The fraction of sp³-hybridized carbons (Fsp3) is 0.143. The van der Waals surface area contributed by atoms with E-state index in [0.717, 1.165) is 11.3 Å². The second kappa shape index (κ2) is 4.45. The van der Waals surface area contributed by atoms with Crippen LogP contribution in [0, 0.1) is 19.7 Å². The quantitative estimate of drug-likeness (QED) is 0.771. The predicted octanol–water partition coefficient (Wildman–Crippen LogP) is 3.77. The molecule has 17 heavy (non-hydrogen) atoms. The predicted molar refractivity (Wildman–Crippen MR) is 70.0 cm³/mol. The minimum absolute atomic E-state index is 0.336. The summed E-state index contributed by atoms with van der Waals surface area (Å²) in [6.07, 6.45) is 0. The monoisotopic (exact) mass is 230 g/mol. The lowest BCUT2D eigenvalue weighted by atomic mass is 10.1. The van der Waals surface area contributed by atoms with E-state index < -0.39 is 0 Å². The summed E-state index contributed by atoms with van der Waals surface area (Å²) in [5.41, 5.74) is 9.95. The van der Waals surface area contributed by atoms with Crippen molar-refractivity contribution in [1.29, 1.82) is 0 Å². The molecule has 0 saturated carbocycles. The van der Waals surface area contributed by atoms with Crippen molar-refractivity contribution in [3.05, 3.63) is 53.3 Å². The normalized spacial score (nSPS) is 10.3. The number of halogens is 1. The summed E-state index contributed by atoms with van der Waals surface area (Å²) in [5.74, 6) is -0.336. The van der Waals surface area contributed by atoms with E-state index in [1.54, 1.807) is 6.07 Å².